The third-order valence-electron chi connectivity index (χ3n) is 2.62. The van der Waals surface area contributed by atoms with Gasteiger partial charge in [-0.2, -0.15) is 0 Å². The van der Waals surface area contributed by atoms with Crippen LogP contribution in [-0.2, 0) is 9.53 Å². The minimum atomic E-state index is -0.335. The number of hydrogen-bond acceptors (Lipinski definition) is 4. The summed E-state index contributed by atoms with van der Waals surface area (Å²) in [5, 5.41) is 3.11. The Morgan fingerprint density at radius 1 is 1.77 bits per heavy atom. The maximum absolute atomic E-state index is 11.1. The molecule has 1 rings (SSSR count). The van der Waals surface area contributed by atoms with Crippen LogP contribution in [0.2, 0.25) is 0 Å². The van der Waals surface area contributed by atoms with Crippen LogP contribution in [0.1, 0.15) is 13.3 Å². The molecule has 13 heavy (non-hydrogen) atoms. The monoisotopic (exact) mass is 186 g/mol. The quantitative estimate of drug-likeness (QED) is 0.580. The number of hydrogen-bond donors (Lipinski definition) is 2. The Labute approximate surface area is 78.8 Å². The van der Waals surface area contributed by atoms with Crippen LogP contribution >= 0.6 is 0 Å². The first-order chi connectivity index (χ1) is 6.19. The van der Waals surface area contributed by atoms with Crippen molar-refractivity contribution in [2.45, 2.75) is 19.4 Å². The first-order valence-corrected chi connectivity index (χ1v) is 4.70. The van der Waals surface area contributed by atoms with Crippen LogP contribution in [0.25, 0.3) is 0 Å². The van der Waals surface area contributed by atoms with Gasteiger partial charge in [0.15, 0.2) is 0 Å². The van der Waals surface area contributed by atoms with Gasteiger partial charge in [0, 0.05) is 6.54 Å². The van der Waals surface area contributed by atoms with Crippen molar-refractivity contribution in [2.75, 3.05) is 20.2 Å². The highest BCUT2D eigenvalue weighted by atomic mass is 16.5. The SMILES string of the molecule is COC(=O)C(CN)NCC1CC1C. The van der Waals surface area contributed by atoms with E-state index in [2.05, 4.69) is 17.0 Å². The standard InChI is InChI=1S/C9H18N2O2/c1-6-3-7(6)5-11-8(4-10)9(12)13-2/h6-8,11H,3-5,10H2,1-2H3. The highest BCUT2D eigenvalue weighted by Crippen LogP contribution is 2.36. The molecule has 4 nitrogen and oxygen atoms in total. The zero-order chi connectivity index (χ0) is 9.84. The van der Waals surface area contributed by atoms with E-state index in [0.29, 0.717) is 6.54 Å². The molecule has 76 valence electrons. The molecule has 0 amide bonds. The Kier molecular flexibility index (Phi) is 3.69. The van der Waals surface area contributed by atoms with E-state index in [4.69, 9.17) is 5.73 Å². The highest BCUT2D eigenvalue weighted by Gasteiger charge is 2.33. The fourth-order valence-corrected chi connectivity index (χ4v) is 1.38. The van der Waals surface area contributed by atoms with Gasteiger partial charge in [-0.1, -0.05) is 6.92 Å². The third kappa shape index (κ3) is 2.97. The Balaban J connectivity index is 2.19. The minimum absolute atomic E-state index is 0.268. The Morgan fingerprint density at radius 3 is 2.77 bits per heavy atom. The van der Waals surface area contributed by atoms with Gasteiger partial charge in [-0.05, 0) is 24.8 Å². The van der Waals surface area contributed by atoms with Crippen molar-refractivity contribution in [3.8, 4) is 0 Å². The van der Waals surface area contributed by atoms with Crippen molar-refractivity contribution in [1.82, 2.24) is 5.32 Å². The van der Waals surface area contributed by atoms with Crippen molar-refractivity contribution >= 4 is 5.97 Å². The average Bonchev–Trinajstić information content (AvgIpc) is 2.82. The van der Waals surface area contributed by atoms with E-state index in [1.54, 1.807) is 0 Å². The predicted octanol–water partition coefficient (Wildman–Crippen LogP) is -0.268. The van der Waals surface area contributed by atoms with Gasteiger partial charge in [0.05, 0.1) is 7.11 Å². The van der Waals surface area contributed by atoms with Gasteiger partial charge in [-0.25, -0.2) is 0 Å². The molecular weight excluding hydrogens is 168 g/mol. The molecule has 3 N–H and O–H groups in total. The molecule has 4 heteroatoms. The van der Waals surface area contributed by atoms with Crippen molar-refractivity contribution in [3.05, 3.63) is 0 Å². The van der Waals surface area contributed by atoms with Gasteiger partial charge in [-0.15, -0.1) is 0 Å². The highest BCUT2D eigenvalue weighted by molar-refractivity contribution is 5.75. The molecule has 0 aromatic carbocycles. The number of esters is 1. The lowest BCUT2D eigenvalue weighted by molar-refractivity contribution is -0.142. The number of ether oxygens (including phenoxy) is 1. The number of carbonyl (C=O) groups is 1. The van der Waals surface area contributed by atoms with Crippen LogP contribution in [-0.4, -0.2) is 32.2 Å². The molecule has 1 fully saturated rings. The molecule has 1 aliphatic carbocycles. The van der Waals surface area contributed by atoms with Gasteiger partial charge in [0.1, 0.15) is 6.04 Å². The van der Waals surface area contributed by atoms with Crippen molar-refractivity contribution < 1.29 is 9.53 Å². The van der Waals surface area contributed by atoms with E-state index in [1.807, 2.05) is 0 Å². The van der Waals surface area contributed by atoms with E-state index in [9.17, 15) is 4.79 Å². The molecule has 0 bridgehead atoms. The summed E-state index contributed by atoms with van der Waals surface area (Å²) >= 11 is 0. The fourth-order valence-electron chi connectivity index (χ4n) is 1.38. The lowest BCUT2D eigenvalue weighted by atomic mass is 10.2. The first-order valence-electron chi connectivity index (χ1n) is 4.70. The number of methoxy groups -OCH3 is 1. The van der Waals surface area contributed by atoms with Gasteiger partial charge in [0.25, 0.3) is 0 Å². The number of nitrogens with two attached hydrogens (primary N) is 1. The van der Waals surface area contributed by atoms with E-state index in [-0.39, 0.29) is 12.0 Å². The minimum Gasteiger partial charge on any atom is -0.468 e. The normalized spacial score (nSPS) is 28.2. The topological polar surface area (TPSA) is 64.3 Å². The molecule has 0 radical (unpaired) electrons. The van der Waals surface area contributed by atoms with Crippen molar-refractivity contribution in [1.29, 1.82) is 0 Å². The van der Waals surface area contributed by atoms with Gasteiger partial charge < -0.3 is 15.8 Å². The molecule has 3 atom stereocenters. The predicted molar refractivity (Wildman–Crippen MR) is 50.1 cm³/mol. The summed E-state index contributed by atoms with van der Waals surface area (Å²) in [6, 6.07) is -0.335. The van der Waals surface area contributed by atoms with Crippen LogP contribution in [0, 0.1) is 11.8 Å². The largest absolute Gasteiger partial charge is 0.468 e. The molecule has 0 aromatic heterocycles. The summed E-state index contributed by atoms with van der Waals surface area (Å²) < 4.78 is 4.60. The molecular formula is C9H18N2O2. The van der Waals surface area contributed by atoms with Gasteiger partial charge in [-0.3, -0.25) is 4.79 Å². The first kappa shape index (κ1) is 10.5. The van der Waals surface area contributed by atoms with Crippen molar-refractivity contribution in [2.24, 2.45) is 17.6 Å². The second-order valence-corrected chi connectivity index (χ2v) is 3.69. The van der Waals surface area contributed by atoms with E-state index < -0.39 is 0 Å². The maximum Gasteiger partial charge on any atom is 0.324 e. The second kappa shape index (κ2) is 4.58. The summed E-state index contributed by atoms with van der Waals surface area (Å²) in [5.41, 5.74) is 5.43. The Morgan fingerprint density at radius 2 is 2.38 bits per heavy atom. The molecule has 0 saturated heterocycles. The van der Waals surface area contributed by atoms with E-state index in [1.165, 1.54) is 13.5 Å². The van der Waals surface area contributed by atoms with Crippen LogP contribution in [0.3, 0.4) is 0 Å². The molecule has 0 aromatic rings. The molecule has 1 saturated carbocycles. The molecule has 3 unspecified atom stereocenters. The maximum atomic E-state index is 11.1. The van der Waals surface area contributed by atoms with E-state index >= 15 is 0 Å². The summed E-state index contributed by atoms with van der Waals surface area (Å²) in [5.74, 6) is 1.25. The van der Waals surface area contributed by atoms with Crippen LogP contribution in [0.15, 0.2) is 0 Å². The zero-order valence-electron chi connectivity index (χ0n) is 8.25. The fraction of sp³-hybridized carbons (Fsp3) is 0.889. The summed E-state index contributed by atoms with van der Waals surface area (Å²) in [4.78, 5) is 11.1. The molecule has 1 aliphatic rings. The number of rotatable bonds is 5. The van der Waals surface area contributed by atoms with Crippen LogP contribution in [0.4, 0.5) is 0 Å². The molecule has 0 spiro atoms. The summed E-state index contributed by atoms with van der Waals surface area (Å²) in [6.07, 6.45) is 1.26. The second-order valence-electron chi connectivity index (χ2n) is 3.69. The number of nitrogens with one attached hydrogen (secondary N) is 1. The average molecular weight is 186 g/mol. The summed E-state index contributed by atoms with van der Waals surface area (Å²) in [6.45, 7) is 3.38. The van der Waals surface area contributed by atoms with Gasteiger partial charge >= 0.3 is 5.97 Å². The van der Waals surface area contributed by atoms with Crippen LogP contribution in [0.5, 0.6) is 0 Å². The third-order valence-corrected chi connectivity index (χ3v) is 2.62. The Bertz CT molecular complexity index is 184. The lowest BCUT2D eigenvalue weighted by Gasteiger charge is -2.13. The van der Waals surface area contributed by atoms with Crippen LogP contribution < -0.4 is 11.1 Å². The lowest BCUT2D eigenvalue weighted by Crippen LogP contribution is -2.44. The molecule has 0 heterocycles. The number of carbonyl (C=O) groups excluding carboxylic acids is 1. The molecule has 0 aliphatic heterocycles. The van der Waals surface area contributed by atoms with Crippen molar-refractivity contribution in [3.63, 3.8) is 0 Å². The van der Waals surface area contributed by atoms with Gasteiger partial charge in [0.2, 0.25) is 0 Å². The van der Waals surface area contributed by atoms with E-state index in [0.717, 1.165) is 18.4 Å². The Hall–Kier alpha value is -0.610. The summed E-state index contributed by atoms with van der Waals surface area (Å²) in [7, 11) is 1.38. The smallest absolute Gasteiger partial charge is 0.324 e. The zero-order valence-corrected chi connectivity index (χ0v) is 8.25.